The lowest BCUT2D eigenvalue weighted by atomic mass is 9.78. The highest BCUT2D eigenvalue weighted by Crippen LogP contribution is 2.51. The van der Waals surface area contributed by atoms with Crippen LogP contribution in [0.5, 0.6) is 0 Å². The van der Waals surface area contributed by atoms with Gasteiger partial charge in [0.05, 0.1) is 11.2 Å². The molecule has 1 aliphatic carbocycles. The highest BCUT2D eigenvalue weighted by molar-refractivity contribution is 8.09. The van der Waals surface area contributed by atoms with Gasteiger partial charge < -0.3 is 0 Å². The first-order valence-corrected chi connectivity index (χ1v) is 11.3. The van der Waals surface area contributed by atoms with Crippen LogP contribution in [0.15, 0.2) is 79.1 Å². The summed E-state index contributed by atoms with van der Waals surface area (Å²) in [4.78, 5) is 10.8. The quantitative estimate of drug-likeness (QED) is 0.349. The number of hydrogen-bond donors (Lipinski definition) is 0. The minimum Gasteiger partial charge on any atom is -0.256 e. The fourth-order valence-corrected chi connectivity index (χ4v) is 6.40. The van der Waals surface area contributed by atoms with E-state index in [1.54, 1.807) is 0 Å². The zero-order valence-electron chi connectivity index (χ0n) is 16.2. The van der Waals surface area contributed by atoms with Crippen LogP contribution in [0.2, 0.25) is 0 Å². The zero-order valence-corrected chi connectivity index (χ0v) is 17.0. The molecule has 6 rings (SSSR count). The molecule has 2 aromatic heterocycles. The summed E-state index contributed by atoms with van der Waals surface area (Å²) in [6.07, 6.45) is 10.2. The van der Waals surface area contributed by atoms with Crippen LogP contribution >= 0.6 is 11.8 Å². The van der Waals surface area contributed by atoms with E-state index >= 15 is 0 Å². The molecule has 3 atom stereocenters. The van der Waals surface area contributed by atoms with Gasteiger partial charge >= 0.3 is 0 Å². The molecule has 1 saturated carbocycles. The molecule has 0 spiro atoms. The van der Waals surface area contributed by atoms with Gasteiger partial charge in [0.25, 0.3) is 0 Å². The summed E-state index contributed by atoms with van der Waals surface area (Å²) in [6.45, 7) is 0. The van der Waals surface area contributed by atoms with Crippen LogP contribution in [0.25, 0.3) is 26.6 Å². The van der Waals surface area contributed by atoms with Crippen molar-refractivity contribution in [3.05, 3.63) is 90.4 Å². The predicted molar refractivity (Wildman–Crippen MR) is 123 cm³/mol. The van der Waals surface area contributed by atoms with Crippen LogP contribution < -0.4 is 0 Å². The summed E-state index contributed by atoms with van der Waals surface area (Å²) in [5.74, 6) is 1.24. The van der Waals surface area contributed by atoms with Gasteiger partial charge in [-0.2, -0.15) is 0 Å². The summed E-state index contributed by atoms with van der Waals surface area (Å²) in [6, 6.07) is 21.6. The first kappa shape index (κ1) is 17.2. The third-order valence-electron chi connectivity index (χ3n) is 6.46. The Morgan fingerprint density at radius 3 is 2.69 bits per heavy atom. The van der Waals surface area contributed by atoms with Crippen LogP contribution in [0.4, 0.5) is 0 Å². The number of rotatable bonds is 2. The van der Waals surface area contributed by atoms with Crippen molar-refractivity contribution in [3.8, 4) is 0 Å². The first-order valence-electron chi connectivity index (χ1n) is 10.4. The number of aromatic nitrogens is 2. The normalized spacial score (nSPS) is 23.9. The largest absolute Gasteiger partial charge is 0.256 e. The van der Waals surface area contributed by atoms with E-state index in [0.717, 1.165) is 11.2 Å². The average Bonchev–Trinajstić information content (AvgIpc) is 3.23. The van der Waals surface area contributed by atoms with E-state index in [4.69, 9.17) is 4.98 Å². The van der Waals surface area contributed by atoms with E-state index in [-0.39, 0.29) is 0 Å². The highest BCUT2D eigenvalue weighted by atomic mass is 32.2. The Kier molecular flexibility index (Phi) is 4.16. The molecule has 142 valence electrons. The monoisotopic (exact) mass is 394 g/mol. The molecule has 0 radical (unpaired) electrons. The Labute approximate surface area is 175 Å². The molecule has 2 nitrogen and oxygen atoms in total. The molecule has 0 amide bonds. The Bertz CT molecular complexity index is 1230. The molecule has 4 aromatic rings. The molecule has 0 N–H and O–H groups in total. The number of allylic oxidation sites excluding steroid dienone is 1. The lowest BCUT2D eigenvalue weighted by molar-refractivity contribution is 0.388. The zero-order chi connectivity index (χ0) is 19.2. The molecule has 0 bridgehead atoms. The Morgan fingerprint density at radius 2 is 1.76 bits per heavy atom. The average molecular weight is 395 g/mol. The molecule has 2 unspecified atom stereocenters. The van der Waals surface area contributed by atoms with Crippen LogP contribution in [0.3, 0.4) is 0 Å². The second-order valence-corrected chi connectivity index (χ2v) is 9.48. The van der Waals surface area contributed by atoms with Gasteiger partial charge in [-0.15, -0.1) is 11.8 Å². The van der Waals surface area contributed by atoms with E-state index < -0.39 is 0 Å². The molecular weight excluding hydrogens is 372 g/mol. The molecule has 2 aliphatic rings. The van der Waals surface area contributed by atoms with Crippen molar-refractivity contribution in [3.63, 3.8) is 0 Å². The predicted octanol–water partition coefficient (Wildman–Crippen LogP) is 6.82. The van der Waals surface area contributed by atoms with Gasteiger partial charge in [-0.05, 0) is 60.2 Å². The minimum absolute atomic E-state index is 0.597. The summed E-state index contributed by atoms with van der Waals surface area (Å²) in [5.41, 5.74) is 3.65. The highest BCUT2D eigenvalue weighted by Gasteiger charge is 2.35. The van der Waals surface area contributed by atoms with Crippen molar-refractivity contribution in [2.24, 2.45) is 5.92 Å². The Hall–Kier alpha value is -2.65. The van der Waals surface area contributed by atoms with Gasteiger partial charge in [-0.25, -0.2) is 0 Å². The van der Waals surface area contributed by atoms with Crippen molar-refractivity contribution >= 4 is 38.3 Å². The molecule has 0 saturated heterocycles. The second-order valence-electron chi connectivity index (χ2n) is 8.20. The smallest absolute Gasteiger partial charge is 0.0780 e. The maximum Gasteiger partial charge on any atom is 0.0780 e. The fraction of sp³-hybridized carbons (Fsp3) is 0.231. The summed E-state index contributed by atoms with van der Waals surface area (Å²) in [7, 11) is 0. The van der Waals surface area contributed by atoms with Gasteiger partial charge in [-0.1, -0.05) is 48.5 Å². The number of pyridine rings is 2. The Balaban J connectivity index is 1.30. The van der Waals surface area contributed by atoms with Crippen LogP contribution in [-0.2, 0) is 0 Å². The first-order chi connectivity index (χ1) is 14.3. The van der Waals surface area contributed by atoms with Gasteiger partial charge in [0.2, 0.25) is 0 Å². The minimum atomic E-state index is 0.597. The number of thioether (sulfide) groups is 1. The maximum absolute atomic E-state index is 4.90. The van der Waals surface area contributed by atoms with Crippen molar-refractivity contribution in [1.82, 2.24) is 9.97 Å². The Morgan fingerprint density at radius 1 is 0.862 bits per heavy atom. The molecule has 3 heterocycles. The topological polar surface area (TPSA) is 25.8 Å². The van der Waals surface area contributed by atoms with Crippen LogP contribution in [0, 0.1) is 5.92 Å². The van der Waals surface area contributed by atoms with Gasteiger partial charge in [-0.3, -0.25) is 9.97 Å². The maximum atomic E-state index is 4.90. The fourth-order valence-electron chi connectivity index (χ4n) is 4.96. The summed E-state index contributed by atoms with van der Waals surface area (Å²) >= 11 is 2.03. The third-order valence-corrected chi connectivity index (χ3v) is 7.95. The van der Waals surface area contributed by atoms with Gasteiger partial charge in [0, 0.05) is 33.3 Å². The lowest BCUT2D eigenvalue weighted by Gasteiger charge is -2.31. The van der Waals surface area contributed by atoms with Crippen LogP contribution in [0.1, 0.15) is 36.4 Å². The summed E-state index contributed by atoms with van der Waals surface area (Å²) in [5, 5.41) is 4.47. The second kappa shape index (κ2) is 7.00. The van der Waals surface area contributed by atoms with Crippen molar-refractivity contribution in [1.29, 1.82) is 0 Å². The number of hydrogen-bond acceptors (Lipinski definition) is 3. The summed E-state index contributed by atoms with van der Waals surface area (Å²) < 4.78 is 0. The molecular formula is C26H22N2S. The third kappa shape index (κ3) is 3.05. The molecule has 1 aliphatic heterocycles. The molecule has 2 aromatic carbocycles. The van der Waals surface area contributed by atoms with E-state index in [1.165, 1.54) is 45.9 Å². The number of benzene rings is 2. The number of fused-ring (bicyclic) bond motifs is 4. The van der Waals surface area contributed by atoms with E-state index in [0.29, 0.717) is 17.1 Å². The van der Waals surface area contributed by atoms with E-state index in [1.807, 2.05) is 24.0 Å². The van der Waals surface area contributed by atoms with E-state index in [2.05, 4.69) is 71.9 Å². The van der Waals surface area contributed by atoms with Crippen molar-refractivity contribution < 1.29 is 0 Å². The standard InChI is InChI=1S/C26H22N2S/c1-2-6-22-17(5-1)8-9-19-14-21(16-28-26(19)22)18-10-11-24-20(13-18)15-25(29-24)23-7-3-4-12-27-23/h1-9,12,14-16,18,20,24H,10-11,13H2/t18?,20?,24-/m0/s1. The molecule has 3 heteroatoms. The SMILES string of the molecule is C1=C(c2ccccn2)S[C@H]2CCC(c3cnc4c(ccc5ccccc54)c3)CC12. The van der Waals surface area contributed by atoms with Crippen molar-refractivity contribution in [2.75, 3.05) is 0 Å². The number of nitrogens with zero attached hydrogens (tertiary/aromatic N) is 2. The van der Waals surface area contributed by atoms with Gasteiger partial charge in [0.1, 0.15) is 0 Å². The van der Waals surface area contributed by atoms with E-state index in [9.17, 15) is 0 Å². The van der Waals surface area contributed by atoms with Crippen LogP contribution in [-0.4, -0.2) is 15.2 Å². The lowest BCUT2D eigenvalue weighted by Crippen LogP contribution is -2.22. The molecule has 29 heavy (non-hydrogen) atoms. The van der Waals surface area contributed by atoms with Crippen molar-refractivity contribution in [2.45, 2.75) is 30.4 Å². The van der Waals surface area contributed by atoms with Gasteiger partial charge in [0.15, 0.2) is 0 Å². The molecule has 1 fully saturated rings.